The highest BCUT2D eigenvalue weighted by molar-refractivity contribution is 5.83. The minimum absolute atomic E-state index is 0.00641. The van der Waals surface area contributed by atoms with E-state index >= 15 is 0 Å². The summed E-state index contributed by atoms with van der Waals surface area (Å²) in [6, 6.07) is 13.9. The SMILES string of the molecule is CCC(CC)C(=O)NCc1cn([C@@H](CC(=O)NO)Cc2ccc3ccccc3c2)nn1. The van der Waals surface area contributed by atoms with Crippen molar-refractivity contribution in [2.45, 2.75) is 52.1 Å². The van der Waals surface area contributed by atoms with Gasteiger partial charge in [0, 0.05) is 5.92 Å². The van der Waals surface area contributed by atoms with Gasteiger partial charge in [0.15, 0.2) is 0 Å². The highest BCUT2D eigenvalue weighted by Crippen LogP contribution is 2.22. The lowest BCUT2D eigenvalue weighted by Gasteiger charge is -2.16. The molecule has 8 heteroatoms. The number of nitrogens with one attached hydrogen (secondary N) is 2. The third-order valence-electron chi connectivity index (χ3n) is 5.56. The van der Waals surface area contributed by atoms with Crippen molar-refractivity contribution in [2.24, 2.45) is 5.92 Å². The summed E-state index contributed by atoms with van der Waals surface area (Å²) in [6.45, 7) is 4.27. The van der Waals surface area contributed by atoms with Crippen molar-refractivity contribution in [1.82, 2.24) is 25.8 Å². The molecule has 0 radical (unpaired) electrons. The molecule has 8 nitrogen and oxygen atoms in total. The average Bonchev–Trinajstić information content (AvgIpc) is 3.27. The van der Waals surface area contributed by atoms with E-state index in [-0.39, 0.29) is 30.8 Å². The first-order chi connectivity index (χ1) is 15.0. The molecule has 164 valence electrons. The second kappa shape index (κ2) is 10.7. The zero-order valence-electron chi connectivity index (χ0n) is 17.9. The van der Waals surface area contributed by atoms with Crippen LogP contribution in [-0.4, -0.2) is 32.0 Å². The van der Waals surface area contributed by atoms with Gasteiger partial charge in [0.05, 0.1) is 25.2 Å². The maximum absolute atomic E-state index is 12.2. The summed E-state index contributed by atoms with van der Waals surface area (Å²) in [5.74, 6) is -0.499. The Morgan fingerprint density at radius 3 is 2.55 bits per heavy atom. The Bertz CT molecular complexity index is 1030. The Morgan fingerprint density at radius 1 is 1.10 bits per heavy atom. The fourth-order valence-electron chi connectivity index (χ4n) is 3.71. The number of aromatic nitrogens is 3. The van der Waals surface area contributed by atoms with E-state index in [4.69, 9.17) is 5.21 Å². The standard InChI is InChI=1S/C23H29N5O3/c1-3-17(4-2)23(30)24-14-20-15-28(27-25-20)21(13-22(29)26-31)12-16-9-10-18-7-5-6-8-19(18)11-16/h5-11,15,17,21,31H,3-4,12-14H2,1-2H3,(H,24,30)(H,26,29)/t21-/m1/s1. The number of nitrogens with zero attached hydrogens (tertiary/aromatic N) is 3. The fourth-order valence-corrected chi connectivity index (χ4v) is 3.71. The van der Waals surface area contributed by atoms with Crippen LogP contribution in [0.15, 0.2) is 48.7 Å². The lowest BCUT2D eigenvalue weighted by molar-refractivity contribution is -0.130. The second-order valence-electron chi connectivity index (χ2n) is 7.70. The van der Waals surface area contributed by atoms with E-state index in [0.29, 0.717) is 12.1 Å². The first-order valence-electron chi connectivity index (χ1n) is 10.6. The van der Waals surface area contributed by atoms with Crippen molar-refractivity contribution in [3.8, 4) is 0 Å². The quantitative estimate of drug-likeness (QED) is 0.343. The number of carbonyl (C=O) groups is 2. The molecule has 0 saturated heterocycles. The molecule has 31 heavy (non-hydrogen) atoms. The zero-order chi connectivity index (χ0) is 22.2. The van der Waals surface area contributed by atoms with Gasteiger partial charge < -0.3 is 5.32 Å². The summed E-state index contributed by atoms with van der Waals surface area (Å²) in [5.41, 5.74) is 3.36. The normalized spacial score (nSPS) is 12.1. The number of fused-ring (bicyclic) bond motifs is 1. The predicted octanol–water partition coefficient (Wildman–Crippen LogP) is 3.16. The number of hydrogen-bond donors (Lipinski definition) is 3. The number of hydrogen-bond acceptors (Lipinski definition) is 5. The van der Waals surface area contributed by atoms with Crippen LogP contribution in [0.25, 0.3) is 10.8 Å². The summed E-state index contributed by atoms with van der Waals surface area (Å²) >= 11 is 0. The molecule has 0 spiro atoms. The van der Waals surface area contributed by atoms with Gasteiger partial charge in [-0.1, -0.05) is 61.5 Å². The van der Waals surface area contributed by atoms with Crippen LogP contribution in [0.5, 0.6) is 0 Å². The van der Waals surface area contributed by atoms with Crippen LogP contribution in [0.2, 0.25) is 0 Å². The number of rotatable bonds is 10. The van der Waals surface area contributed by atoms with Crippen LogP contribution in [0.4, 0.5) is 0 Å². The van der Waals surface area contributed by atoms with Crippen molar-refractivity contribution in [1.29, 1.82) is 0 Å². The molecule has 3 rings (SSSR count). The largest absolute Gasteiger partial charge is 0.350 e. The zero-order valence-corrected chi connectivity index (χ0v) is 17.9. The number of carbonyl (C=O) groups excluding carboxylic acids is 2. The highest BCUT2D eigenvalue weighted by atomic mass is 16.5. The topological polar surface area (TPSA) is 109 Å². The molecule has 0 aliphatic carbocycles. The van der Waals surface area contributed by atoms with E-state index in [1.807, 2.05) is 44.2 Å². The smallest absolute Gasteiger partial charge is 0.245 e. The van der Waals surface area contributed by atoms with Crippen LogP contribution >= 0.6 is 0 Å². The third kappa shape index (κ3) is 5.88. The molecular formula is C23H29N5O3. The Hall–Kier alpha value is -3.26. The Balaban J connectivity index is 1.74. The Kier molecular flexibility index (Phi) is 7.72. The van der Waals surface area contributed by atoms with Gasteiger partial charge in [0.25, 0.3) is 0 Å². The van der Waals surface area contributed by atoms with Gasteiger partial charge >= 0.3 is 0 Å². The lowest BCUT2D eigenvalue weighted by atomic mass is 10.00. The molecule has 1 atom stereocenters. The molecule has 0 unspecified atom stereocenters. The van der Waals surface area contributed by atoms with Gasteiger partial charge in [0.2, 0.25) is 11.8 Å². The molecule has 3 N–H and O–H groups in total. The van der Waals surface area contributed by atoms with Crippen LogP contribution in [-0.2, 0) is 22.6 Å². The summed E-state index contributed by atoms with van der Waals surface area (Å²) in [5, 5.41) is 22.5. The van der Waals surface area contributed by atoms with Crippen molar-refractivity contribution in [3.05, 3.63) is 59.9 Å². The highest BCUT2D eigenvalue weighted by Gasteiger charge is 2.19. The monoisotopic (exact) mass is 423 g/mol. The van der Waals surface area contributed by atoms with Crippen LogP contribution in [0.3, 0.4) is 0 Å². The molecule has 0 fully saturated rings. The molecule has 1 heterocycles. The summed E-state index contributed by atoms with van der Waals surface area (Å²) in [7, 11) is 0. The van der Waals surface area contributed by atoms with Gasteiger partial charge in [-0.3, -0.25) is 14.8 Å². The maximum atomic E-state index is 12.2. The van der Waals surface area contributed by atoms with Crippen molar-refractivity contribution < 1.29 is 14.8 Å². The second-order valence-corrected chi connectivity index (χ2v) is 7.70. The Morgan fingerprint density at radius 2 is 1.84 bits per heavy atom. The molecule has 0 bridgehead atoms. The lowest BCUT2D eigenvalue weighted by Crippen LogP contribution is -2.29. The molecule has 0 aliphatic heterocycles. The molecular weight excluding hydrogens is 394 g/mol. The fraction of sp³-hybridized carbons (Fsp3) is 0.391. The van der Waals surface area contributed by atoms with Gasteiger partial charge in [0.1, 0.15) is 5.69 Å². The minimum atomic E-state index is -0.495. The molecule has 2 amide bonds. The van der Waals surface area contributed by atoms with E-state index in [0.717, 1.165) is 29.2 Å². The van der Waals surface area contributed by atoms with Crippen LogP contribution in [0, 0.1) is 5.92 Å². The van der Waals surface area contributed by atoms with Gasteiger partial charge in [-0.25, -0.2) is 10.2 Å². The molecule has 0 aliphatic rings. The van der Waals surface area contributed by atoms with Gasteiger partial charge in [-0.15, -0.1) is 5.10 Å². The van der Waals surface area contributed by atoms with Crippen molar-refractivity contribution in [3.63, 3.8) is 0 Å². The van der Waals surface area contributed by atoms with Crippen molar-refractivity contribution >= 4 is 22.6 Å². The summed E-state index contributed by atoms with van der Waals surface area (Å²) in [6.07, 6.45) is 3.91. The molecule has 1 aromatic heterocycles. The van der Waals surface area contributed by atoms with Crippen LogP contribution < -0.4 is 10.8 Å². The predicted molar refractivity (Wildman–Crippen MR) is 117 cm³/mol. The third-order valence-corrected chi connectivity index (χ3v) is 5.56. The van der Waals surface area contributed by atoms with Gasteiger partial charge in [-0.2, -0.15) is 0 Å². The number of benzene rings is 2. The molecule has 0 saturated carbocycles. The summed E-state index contributed by atoms with van der Waals surface area (Å²) < 4.78 is 1.63. The maximum Gasteiger partial charge on any atom is 0.245 e. The van der Waals surface area contributed by atoms with E-state index in [9.17, 15) is 9.59 Å². The first kappa shape index (κ1) is 22.4. The average molecular weight is 424 g/mol. The first-order valence-corrected chi connectivity index (χ1v) is 10.6. The molecule has 3 aromatic rings. The molecule has 2 aromatic carbocycles. The van der Waals surface area contributed by atoms with E-state index in [2.05, 4.69) is 27.8 Å². The van der Waals surface area contributed by atoms with Crippen molar-refractivity contribution in [2.75, 3.05) is 0 Å². The van der Waals surface area contributed by atoms with E-state index in [1.54, 1.807) is 16.4 Å². The van der Waals surface area contributed by atoms with E-state index in [1.165, 1.54) is 0 Å². The minimum Gasteiger partial charge on any atom is -0.350 e. The number of amides is 2. The summed E-state index contributed by atoms with van der Waals surface area (Å²) in [4.78, 5) is 24.1. The Labute approximate surface area is 181 Å². The number of hydroxylamine groups is 1. The van der Waals surface area contributed by atoms with Crippen LogP contribution in [0.1, 0.15) is 50.4 Å². The van der Waals surface area contributed by atoms with Gasteiger partial charge in [-0.05, 0) is 35.6 Å². The van der Waals surface area contributed by atoms with E-state index < -0.39 is 5.91 Å².